The quantitative estimate of drug-likeness (QED) is 0.716. The fraction of sp³-hybridized carbons (Fsp3) is 0.316. The molecule has 1 aromatic carbocycles. The molecule has 1 fully saturated rings. The highest BCUT2D eigenvalue weighted by Crippen LogP contribution is 2.18. The van der Waals surface area contributed by atoms with E-state index in [-0.39, 0.29) is 24.2 Å². The van der Waals surface area contributed by atoms with Crippen LogP contribution in [0.25, 0.3) is 10.9 Å². The Labute approximate surface area is 160 Å². The maximum absolute atomic E-state index is 13.3. The monoisotopic (exact) mass is 385 g/mol. The van der Waals surface area contributed by atoms with Crippen molar-refractivity contribution in [1.82, 2.24) is 19.9 Å². The third-order valence-corrected chi connectivity index (χ3v) is 4.74. The predicted molar refractivity (Wildman–Crippen MR) is 100 cm³/mol. The van der Waals surface area contributed by atoms with Crippen LogP contribution in [-0.4, -0.2) is 64.5 Å². The van der Waals surface area contributed by atoms with Crippen LogP contribution in [0.1, 0.15) is 16.2 Å². The molecule has 2 amide bonds. The normalized spacial score (nSPS) is 15.1. The van der Waals surface area contributed by atoms with Crippen molar-refractivity contribution in [2.75, 3.05) is 38.0 Å². The van der Waals surface area contributed by atoms with Gasteiger partial charge in [0, 0.05) is 43.1 Å². The van der Waals surface area contributed by atoms with Gasteiger partial charge in [-0.15, -0.1) is 0 Å². The second-order valence-electron chi connectivity index (χ2n) is 6.85. The molecule has 0 bridgehead atoms. The molecule has 0 unspecified atom stereocenters. The third kappa shape index (κ3) is 3.89. The number of H-pyrrole nitrogens is 1. The fourth-order valence-electron chi connectivity index (χ4n) is 3.31. The Morgan fingerprint density at radius 3 is 2.71 bits per heavy atom. The molecular weight excluding hydrogens is 365 g/mol. The molecule has 9 heteroatoms. The van der Waals surface area contributed by atoms with Crippen molar-refractivity contribution < 1.29 is 18.5 Å². The van der Waals surface area contributed by atoms with Crippen LogP contribution in [0.2, 0.25) is 0 Å². The number of hydrogen-bond donors (Lipinski definition) is 2. The summed E-state index contributed by atoms with van der Waals surface area (Å²) < 4.78 is 18.3. The average molecular weight is 385 g/mol. The van der Waals surface area contributed by atoms with Gasteiger partial charge in [-0.05, 0) is 31.2 Å². The smallest absolute Gasteiger partial charge is 0.270 e. The lowest BCUT2D eigenvalue weighted by Gasteiger charge is -2.34. The van der Waals surface area contributed by atoms with Crippen molar-refractivity contribution >= 4 is 28.5 Å². The first-order chi connectivity index (χ1) is 13.5. The van der Waals surface area contributed by atoms with E-state index in [0.29, 0.717) is 48.8 Å². The molecule has 3 heterocycles. The third-order valence-electron chi connectivity index (χ3n) is 4.74. The van der Waals surface area contributed by atoms with Crippen LogP contribution in [0.3, 0.4) is 0 Å². The number of anilines is 1. The van der Waals surface area contributed by atoms with Crippen LogP contribution in [0.4, 0.5) is 10.2 Å². The molecule has 2 aromatic heterocycles. The van der Waals surface area contributed by atoms with E-state index in [1.807, 2.05) is 4.90 Å². The number of benzene rings is 1. The van der Waals surface area contributed by atoms with Crippen molar-refractivity contribution in [1.29, 1.82) is 0 Å². The first kappa shape index (κ1) is 18.2. The molecule has 2 N–H and O–H groups in total. The Hall–Kier alpha value is -3.20. The Morgan fingerprint density at radius 1 is 1.21 bits per heavy atom. The molecular formula is C19H20FN5O3. The van der Waals surface area contributed by atoms with Crippen molar-refractivity contribution in [2.45, 2.75) is 6.92 Å². The number of nitrogens with zero attached hydrogens (tertiary/aromatic N) is 3. The van der Waals surface area contributed by atoms with Gasteiger partial charge in [-0.3, -0.25) is 14.5 Å². The zero-order chi connectivity index (χ0) is 19.7. The van der Waals surface area contributed by atoms with Gasteiger partial charge in [0.15, 0.2) is 5.82 Å². The zero-order valence-electron chi connectivity index (χ0n) is 15.4. The second-order valence-corrected chi connectivity index (χ2v) is 6.85. The van der Waals surface area contributed by atoms with Gasteiger partial charge >= 0.3 is 0 Å². The van der Waals surface area contributed by atoms with Crippen LogP contribution < -0.4 is 5.32 Å². The highest BCUT2D eigenvalue weighted by molar-refractivity contribution is 5.98. The van der Waals surface area contributed by atoms with E-state index >= 15 is 0 Å². The molecule has 0 saturated carbocycles. The molecule has 1 aliphatic heterocycles. The first-order valence-electron chi connectivity index (χ1n) is 9.01. The lowest BCUT2D eigenvalue weighted by molar-refractivity contribution is -0.117. The van der Waals surface area contributed by atoms with E-state index in [1.54, 1.807) is 30.0 Å². The highest BCUT2D eigenvalue weighted by atomic mass is 19.1. The number of rotatable bonds is 4. The lowest BCUT2D eigenvalue weighted by Crippen LogP contribution is -2.50. The molecule has 0 aliphatic carbocycles. The van der Waals surface area contributed by atoms with Crippen LogP contribution in [0.15, 0.2) is 34.9 Å². The Kier molecular flexibility index (Phi) is 4.82. The number of aromatic nitrogens is 2. The fourth-order valence-corrected chi connectivity index (χ4v) is 3.31. The van der Waals surface area contributed by atoms with Crippen molar-refractivity contribution in [3.05, 3.63) is 47.6 Å². The molecule has 146 valence electrons. The number of carbonyl (C=O) groups is 2. The summed E-state index contributed by atoms with van der Waals surface area (Å²) in [5, 5.41) is 7.09. The Balaban J connectivity index is 1.31. The minimum atomic E-state index is -0.335. The summed E-state index contributed by atoms with van der Waals surface area (Å²) in [7, 11) is 0. The molecule has 8 nitrogen and oxygen atoms in total. The van der Waals surface area contributed by atoms with E-state index in [1.165, 1.54) is 12.1 Å². The van der Waals surface area contributed by atoms with E-state index < -0.39 is 0 Å². The van der Waals surface area contributed by atoms with Gasteiger partial charge in [-0.1, -0.05) is 5.16 Å². The summed E-state index contributed by atoms with van der Waals surface area (Å²) in [6.45, 7) is 4.18. The van der Waals surface area contributed by atoms with E-state index in [0.717, 1.165) is 5.52 Å². The maximum Gasteiger partial charge on any atom is 0.270 e. The summed E-state index contributed by atoms with van der Waals surface area (Å²) >= 11 is 0. The van der Waals surface area contributed by atoms with Gasteiger partial charge in [0.05, 0.1) is 6.54 Å². The van der Waals surface area contributed by atoms with Crippen molar-refractivity contribution in [3.8, 4) is 0 Å². The number of fused-ring (bicyclic) bond motifs is 1. The number of halogens is 1. The van der Waals surface area contributed by atoms with Gasteiger partial charge in [0.1, 0.15) is 17.3 Å². The molecule has 1 saturated heterocycles. The van der Waals surface area contributed by atoms with Crippen molar-refractivity contribution in [3.63, 3.8) is 0 Å². The molecule has 1 aliphatic rings. The van der Waals surface area contributed by atoms with Gasteiger partial charge in [0.25, 0.3) is 5.91 Å². The van der Waals surface area contributed by atoms with E-state index in [9.17, 15) is 14.0 Å². The highest BCUT2D eigenvalue weighted by Gasteiger charge is 2.24. The molecule has 0 atom stereocenters. The van der Waals surface area contributed by atoms with Crippen molar-refractivity contribution in [2.24, 2.45) is 0 Å². The lowest BCUT2D eigenvalue weighted by atomic mass is 10.2. The second kappa shape index (κ2) is 7.43. The predicted octanol–water partition coefficient (Wildman–Crippen LogP) is 2.00. The largest absolute Gasteiger partial charge is 0.360 e. The average Bonchev–Trinajstić information content (AvgIpc) is 3.27. The molecule has 28 heavy (non-hydrogen) atoms. The number of hydrogen-bond acceptors (Lipinski definition) is 5. The number of aryl methyl sites for hydroxylation is 1. The summed E-state index contributed by atoms with van der Waals surface area (Å²) in [6, 6.07) is 7.70. The SMILES string of the molecule is Cc1cc(NC(=O)CN2CCN(C(=O)c3cc4cc(F)ccc4[nH]3)CC2)no1. The molecule has 0 radical (unpaired) electrons. The minimum Gasteiger partial charge on any atom is -0.360 e. The maximum atomic E-state index is 13.3. The molecule has 3 aromatic rings. The standard InChI is InChI=1S/C19H20FN5O3/c1-12-8-17(23-28-12)22-18(26)11-24-4-6-25(7-5-24)19(27)16-10-13-9-14(20)2-3-15(13)21-16/h2-3,8-10,21H,4-7,11H2,1H3,(H,22,23,26). The Morgan fingerprint density at radius 2 is 2.00 bits per heavy atom. The number of aromatic amines is 1. The first-order valence-corrected chi connectivity index (χ1v) is 9.01. The topological polar surface area (TPSA) is 94.5 Å². The van der Waals surface area contributed by atoms with E-state index in [2.05, 4.69) is 15.5 Å². The summed E-state index contributed by atoms with van der Waals surface area (Å²) in [6.07, 6.45) is 0. The van der Waals surface area contributed by atoms with Gasteiger partial charge in [-0.2, -0.15) is 0 Å². The van der Waals surface area contributed by atoms with Crippen LogP contribution in [0.5, 0.6) is 0 Å². The van der Waals surface area contributed by atoms with E-state index in [4.69, 9.17) is 4.52 Å². The van der Waals surface area contributed by atoms with Gasteiger partial charge in [-0.25, -0.2) is 4.39 Å². The minimum absolute atomic E-state index is 0.126. The zero-order valence-corrected chi connectivity index (χ0v) is 15.4. The number of amides is 2. The number of nitrogens with one attached hydrogen (secondary N) is 2. The van der Waals surface area contributed by atoms with Crippen LogP contribution in [-0.2, 0) is 4.79 Å². The van der Waals surface area contributed by atoms with Gasteiger partial charge < -0.3 is 19.7 Å². The molecule has 0 spiro atoms. The number of piperazine rings is 1. The van der Waals surface area contributed by atoms with Gasteiger partial charge in [0.2, 0.25) is 5.91 Å². The van der Waals surface area contributed by atoms with Crippen LogP contribution >= 0.6 is 0 Å². The van der Waals surface area contributed by atoms with Crippen LogP contribution in [0, 0.1) is 12.7 Å². The molecule has 4 rings (SSSR count). The number of carbonyl (C=O) groups excluding carboxylic acids is 2. The Bertz CT molecular complexity index is 1020. The summed E-state index contributed by atoms with van der Waals surface area (Å²) in [5.74, 6) is 0.386. The summed E-state index contributed by atoms with van der Waals surface area (Å²) in [5.41, 5.74) is 1.16. The summed E-state index contributed by atoms with van der Waals surface area (Å²) in [4.78, 5) is 31.6.